The number of benzene rings is 2. The smallest absolute Gasteiger partial charge is 0.255 e. The molecule has 2 aliphatic rings. The van der Waals surface area contributed by atoms with Crippen molar-refractivity contribution in [1.82, 2.24) is 9.62 Å². The molecule has 2 aromatic rings. The fourth-order valence-corrected chi connectivity index (χ4v) is 4.83. The maximum absolute atomic E-state index is 12.8. The van der Waals surface area contributed by atoms with Crippen LogP contribution in [0.3, 0.4) is 0 Å². The molecule has 2 aromatic carbocycles. The first-order valence-electron chi connectivity index (χ1n) is 9.93. The van der Waals surface area contributed by atoms with Gasteiger partial charge in [-0.25, -0.2) is 8.42 Å². The third-order valence-corrected chi connectivity index (χ3v) is 6.96. The lowest BCUT2D eigenvalue weighted by atomic mass is 10.1. The highest BCUT2D eigenvalue weighted by atomic mass is 32.2. The summed E-state index contributed by atoms with van der Waals surface area (Å²) >= 11 is 0. The molecule has 8 nitrogen and oxygen atoms in total. The number of carbonyl (C=O) groups excluding carboxylic acids is 1. The summed E-state index contributed by atoms with van der Waals surface area (Å²) in [4.78, 5) is 17.4. The molecule has 0 spiro atoms. The number of aliphatic imine (C=N–C) groups is 1. The molecule has 0 aromatic heterocycles. The van der Waals surface area contributed by atoms with E-state index in [9.17, 15) is 13.2 Å². The quantitative estimate of drug-likeness (QED) is 0.755. The van der Waals surface area contributed by atoms with Gasteiger partial charge in [-0.3, -0.25) is 9.79 Å². The average Bonchev–Trinajstić information content (AvgIpc) is 2.80. The van der Waals surface area contributed by atoms with E-state index < -0.39 is 10.0 Å². The molecule has 4 rings (SSSR count). The van der Waals surface area contributed by atoms with E-state index >= 15 is 0 Å². The van der Waals surface area contributed by atoms with Crippen LogP contribution < -0.4 is 10.6 Å². The van der Waals surface area contributed by atoms with Gasteiger partial charge in [-0.15, -0.1) is 0 Å². The SMILES string of the molecule is O=C(Nc1ccccc1C1=NCCCN1)c1ccc(S(=O)(=O)N2CCOCC2)cc1. The molecule has 1 amide bonds. The Morgan fingerprint density at radius 1 is 1.07 bits per heavy atom. The zero-order valence-electron chi connectivity index (χ0n) is 16.5. The maximum Gasteiger partial charge on any atom is 0.255 e. The Hall–Kier alpha value is -2.75. The van der Waals surface area contributed by atoms with Crippen LogP contribution >= 0.6 is 0 Å². The molecule has 0 bridgehead atoms. The van der Waals surface area contributed by atoms with E-state index in [0.717, 1.165) is 30.9 Å². The lowest BCUT2D eigenvalue weighted by molar-refractivity contribution is 0.0730. The summed E-state index contributed by atoms with van der Waals surface area (Å²) in [6.07, 6.45) is 0.984. The van der Waals surface area contributed by atoms with Crippen molar-refractivity contribution in [2.24, 2.45) is 4.99 Å². The third-order valence-electron chi connectivity index (χ3n) is 5.05. The van der Waals surface area contributed by atoms with Gasteiger partial charge in [0, 0.05) is 37.3 Å². The number of ether oxygens (including phenoxy) is 1. The van der Waals surface area contributed by atoms with Crippen molar-refractivity contribution in [3.63, 3.8) is 0 Å². The summed E-state index contributed by atoms with van der Waals surface area (Å²) in [7, 11) is -3.59. The first-order valence-corrected chi connectivity index (χ1v) is 11.4. The Morgan fingerprint density at radius 3 is 2.50 bits per heavy atom. The van der Waals surface area contributed by atoms with Gasteiger partial charge in [-0.2, -0.15) is 4.31 Å². The normalized spacial score (nSPS) is 17.7. The molecule has 1 fully saturated rings. The van der Waals surface area contributed by atoms with Crippen molar-refractivity contribution in [3.05, 3.63) is 59.7 Å². The van der Waals surface area contributed by atoms with Crippen LogP contribution in [-0.4, -0.2) is 63.9 Å². The first kappa shape index (κ1) is 20.5. The number of hydrogen-bond donors (Lipinski definition) is 2. The van der Waals surface area contributed by atoms with Gasteiger partial charge in [0.25, 0.3) is 5.91 Å². The van der Waals surface area contributed by atoms with E-state index in [1.807, 2.05) is 24.3 Å². The van der Waals surface area contributed by atoms with Crippen LogP contribution in [0.5, 0.6) is 0 Å². The Bertz CT molecular complexity index is 1040. The van der Waals surface area contributed by atoms with Crippen molar-refractivity contribution in [2.45, 2.75) is 11.3 Å². The van der Waals surface area contributed by atoms with E-state index in [4.69, 9.17) is 4.74 Å². The second-order valence-electron chi connectivity index (χ2n) is 7.05. The lowest BCUT2D eigenvalue weighted by Gasteiger charge is -2.26. The first-order chi connectivity index (χ1) is 14.6. The standard InChI is InChI=1S/C21H24N4O4S/c26-21(24-19-5-2-1-4-18(19)20-22-10-3-11-23-20)16-6-8-17(9-7-16)30(27,28)25-12-14-29-15-13-25/h1-2,4-9H,3,10-15H2,(H,22,23)(H,24,26). The predicted molar refractivity (Wildman–Crippen MR) is 114 cm³/mol. The number of carbonyl (C=O) groups is 1. The summed E-state index contributed by atoms with van der Waals surface area (Å²) in [6, 6.07) is 13.5. The van der Waals surface area contributed by atoms with E-state index in [2.05, 4.69) is 15.6 Å². The molecule has 9 heteroatoms. The highest BCUT2D eigenvalue weighted by molar-refractivity contribution is 7.89. The number of hydrogen-bond acceptors (Lipinski definition) is 6. The molecule has 0 radical (unpaired) electrons. The fraction of sp³-hybridized carbons (Fsp3) is 0.333. The van der Waals surface area contributed by atoms with Crippen molar-refractivity contribution in [3.8, 4) is 0 Å². The summed E-state index contributed by atoms with van der Waals surface area (Å²) < 4.78 is 32.1. The summed E-state index contributed by atoms with van der Waals surface area (Å²) in [5, 5.41) is 6.17. The minimum Gasteiger partial charge on any atom is -0.379 e. The van der Waals surface area contributed by atoms with Crippen molar-refractivity contribution in [1.29, 1.82) is 0 Å². The Morgan fingerprint density at radius 2 is 1.80 bits per heavy atom. The minimum absolute atomic E-state index is 0.169. The summed E-state index contributed by atoms with van der Waals surface area (Å²) in [5.74, 6) is 0.457. The number of morpholine rings is 1. The summed E-state index contributed by atoms with van der Waals surface area (Å²) in [6.45, 7) is 3.04. The number of amidine groups is 1. The highest BCUT2D eigenvalue weighted by Crippen LogP contribution is 2.20. The van der Waals surface area contributed by atoms with E-state index in [-0.39, 0.29) is 10.8 Å². The fourth-order valence-electron chi connectivity index (χ4n) is 3.42. The molecule has 2 aliphatic heterocycles. The van der Waals surface area contributed by atoms with Gasteiger partial charge in [0.1, 0.15) is 5.84 Å². The topological polar surface area (TPSA) is 100 Å². The van der Waals surface area contributed by atoms with Crippen LogP contribution in [0.15, 0.2) is 58.4 Å². The van der Waals surface area contributed by atoms with E-state index in [1.54, 1.807) is 0 Å². The Labute approximate surface area is 176 Å². The van der Waals surface area contributed by atoms with Crippen LogP contribution in [0.1, 0.15) is 22.3 Å². The Balaban J connectivity index is 1.51. The van der Waals surface area contributed by atoms with Gasteiger partial charge in [0.15, 0.2) is 0 Å². The number of anilines is 1. The van der Waals surface area contributed by atoms with Crippen molar-refractivity contribution in [2.75, 3.05) is 44.7 Å². The van der Waals surface area contributed by atoms with Gasteiger partial charge in [-0.1, -0.05) is 12.1 Å². The minimum atomic E-state index is -3.59. The van der Waals surface area contributed by atoms with Crippen LogP contribution in [0.2, 0.25) is 0 Å². The van der Waals surface area contributed by atoms with Crippen molar-refractivity contribution >= 4 is 27.5 Å². The van der Waals surface area contributed by atoms with Crippen LogP contribution in [-0.2, 0) is 14.8 Å². The van der Waals surface area contributed by atoms with Crippen LogP contribution in [0.25, 0.3) is 0 Å². The van der Waals surface area contributed by atoms with Gasteiger partial charge in [-0.05, 0) is 42.8 Å². The van der Waals surface area contributed by atoms with Crippen molar-refractivity contribution < 1.29 is 17.9 Å². The third kappa shape index (κ3) is 4.38. The second-order valence-corrected chi connectivity index (χ2v) is 8.99. The predicted octanol–water partition coefficient (Wildman–Crippen LogP) is 1.70. The molecule has 158 valence electrons. The second kappa shape index (κ2) is 8.95. The highest BCUT2D eigenvalue weighted by Gasteiger charge is 2.26. The van der Waals surface area contributed by atoms with E-state index in [0.29, 0.717) is 37.6 Å². The molecule has 0 saturated carbocycles. The molecule has 1 saturated heterocycles. The molecular weight excluding hydrogens is 404 g/mol. The van der Waals surface area contributed by atoms with Crippen LogP contribution in [0, 0.1) is 0 Å². The largest absolute Gasteiger partial charge is 0.379 e. The lowest BCUT2D eigenvalue weighted by Crippen LogP contribution is -2.40. The number of sulfonamides is 1. The zero-order valence-corrected chi connectivity index (χ0v) is 17.3. The van der Waals surface area contributed by atoms with Gasteiger partial charge < -0.3 is 15.4 Å². The molecule has 2 N–H and O–H groups in total. The summed E-state index contributed by atoms with van der Waals surface area (Å²) in [5.41, 5.74) is 1.86. The molecule has 0 atom stereocenters. The Kier molecular flexibility index (Phi) is 6.12. The molecule has 2 heterocycles. The monoisotopic (exact) mass is 428 g/mol. The van der Waals surface area contributed by atoms with E-state index in [1.165, 1.54) is 28.6 Å². The molecule has 30 heavy (non-hydrogen) atoms. The molecule has 0 aliphatic carbocycles. The number of rotatable bonds is 5. The van der Waals surface area contributed by atoms with Gasteiger partial charge in [0.2, 0.25) is 10.0 Å². The van der Waals surface area contributed by atoms with Gasteiger partial charge >= 0.3 is 0 Å². The maximum atomic E-state index is 12.8. The number of nitrogens with zero attached hydrogens (tertiary/aromatic N) is 2. The number of nitrogens with one attached hydrogen (secondary N) is 2. The molecular formula is C21H24N4O4S. The number of amides is 1. The number of para-hydroxylation sites is 1. The average molecular weight is 429 g/mol. The van der Waals surface area contributed by atoms with Gasteiger partial charge in [0.05, 0.1) is 23.8 Å². The zero-order chi connectivity index (χ0) is 21.0. The van der Waals surface area contributed by atoms with Crippen LogP contribution in [0.4, 0.5) is 5.69 Å². The molecule has 0 unspecified atom stereocenters.